The summed E-state index contributed by atoms with van der Waals surface area (Å²) in [5.74, 6) is 0.218. The molecule has 1 fully saturated rings. The molecule has 172 valence electrons. The van der Waals surface area contributed by atoms with Gasteiger partial charge in [-0.05, 0) is 29.8 Å². The second-order valence-electron chi connectivity index (χ2n) is 7.04. The molecular formula is C20H22N2O8S2. The average Bonchev–Trinajstić information content (AvgIpc) is 3.46. The summed E-state index contributed by atoms with van der Waals surface area (Å²) in [5, 5.41) is 2.66. The number of sulfonamides is 1. The van der Waals surface area contributed by atoms with Crippen molar-refractivity contribution in [3.63, 3.8) is 0 Å². The zero-order valence-corrected chi connectivity index (χ0v) is 18.7. The van der Waals surface area contributed by atoms with E-state index in [9.17, 15) is 18.0 Å². The normalized spacial score (nSPS) is 16.0. The lowest BCUT2D eigenvalue weighted by Gasteiger charge is -2.25. The highest BCUT2D eigenvalue weighted by Crippen LogP contribution is 2.32. The molecule has 3 heterocycles. The summed E-state index contributed by atoms with van der Waals surface area (Å²) < 4.78 is 47.6. The molecule has 0 unspecified atom stereocenters. The molecule has 0 aliphatic carbocycles. The molecule has 2 aromatic rings. The Morgan fingerprint density at radius 1 is 1.09 bits per heavy atom. The van der Waals surface area contributed by atoms with Crippen LogP contribution in [0.25, 0.3) is 0 Å². The predicted octanol–water partition coefficient (Wildman–Crippen LogP) is 0.900. The van der Waals surface area contributed by atoms with Gasteiger partial charge in [0.15, 0.2) is 18.1 Å². The molecule has 12 heteroatoms. The van der Waals surface area contributed by atoms with Gasteiger partial charge in [0.1, 0.15) is 4.21 Å². The molecule has 1 aromatic carbocycles. The van der Waals surface area contributed by atoms with Gasteiger partial charge in [-0.1, -0.05) is 6.07 Å². The molecule has 1 N–H and O–H groups in total. The smallest absolute Gasteiger partial charge is 0.311 e. The Morgan fingerprint density at radius 3 is 2.69 bits per heavy atom. The third kappa shape index (κ3) is 5.38. The van der Waals surface area contributed by atoms with Gasteiger partial charge in [-0.2, -0.15) is 4.31 Å². The van der Waals surface area contributed by atoms with E-state index in [2.05, 4.69) is 5.32 Å². The Balaban J connectivity index is 1.22. The number of hydrogen-bond acceptors (Lipinski definition) is 9. The fourth-order valence-corrected chi connectivity index (χ4v) is 6.05. The number of morpholine rings is 1. The van der Waals surface area contributed by atoms with Crippen molar-refractivity contribution in [2.24, 2.45) is 0 Å². The van der Waals surface area contributed by atoms with Crippen molar-refractivity contribution in [3.05, 3.63) is 40.8 Å². The van der Waals surface area contributed by atoms with Crippen LogP contribution in [0.5, 0.6) is 11.5 Å². The standard InChI is InChI=1S/C20H22N2O8S2/c23-18(21-11-14-1-3-16-17(9-14)30-13-29-16)12-28-19(24)10-15-2-4-20(31-15)32(25,26)22-5-7-27-8-6-22/h1-4,9H,5-8,10-13H2,(H,21,23). The van der Waals surface area contributed by atoms with Gasteiger partial charge in [0, 0.05) is 24.5 Å². The molecule has 1 aromatic heterocycles. The van der Waals surface area contributed by atoms with Gasteiger partial charge in [-0.25, -0.2) is 8.42 Å². The Morgan fingerprint density at radius 2 is 1.88 bits per heavy atom. The first-order valence-corrected chi connectivity index (χ1v) is 12.1. The average molecular weight is 483 g/mol. The second-order valence-corrected chi connectivity index (χ2v) is 10.4. The van der Waals surface area contributed by atoms with E-state index < -0.39 is 28.5 Å². The number of esters is 1. The number of fused-ring (bicyclic) bond motifs is 1. The second kappa shape index (κ2) is 9.86. The number of thiophene rings is 1. The number of hydrogen-bond donors (Lipinski definition) is 1. The first kappa shape index (κ1) is 22.5. The minimum Gasteiger partial charge on any atom is -0.455 e. The number of nitrogens with one attached hydrogen (secondary N) is 1. The van der Waals surface area contributed by atoms with Gasteiger partial charge in [0.2, 0.25) is 6.79 Å². The third-order valence-electron chi connectivity index (χ3n) is 4.81. The van der Waals surface area contributed by atoms with Gasteiger partial charge in [-0.15, -0.1) is 11.3 Å². The Labute approximate surface area is 189 Å². The maximum atomic E-state index is 12.6. The highest BCUT2D eigenvalue weighted by Gasteiger charge is 2.28. The molecule has 0 bridgehead atoms. The summed E-state index contributed by atoms with van der Waals surface area (Å²) in [6, 6.07) is 8.40. The minimum absolute atomic E-state index is 0.112. The van der Waals surface area contributed by atoms with Crippen molar-refractivity contribution in [3.8, 4) is 11.5 Å². The lowest BCUT2D eigenvalue weighted by Crippen LogP contribution is -2.40. The van der Waals surface area contributed by atoms with Crippen LogP contribution in [0.4, 0.5) is 0 Å². The topological polar surface area (TPSA) is 120 Å². The van der Waals surface area contributed by atoms with Crippen molar-refractivity contribution in [2.45, 2.75) is 17.2 Å². The lowest BCUT2D eigenvalue weighted by atomic mass is 10.2. The molecule has 1 saturated heterocycles. The van der Waals surface area contributed by atoms with E-state index in [1.165, 1.54) is 10.4 Å². The summed E-state index contributed by atoms with van der Waals surface area (Å²) in [5.41, 5.74) is 0.821. The molecule has 1 amide bonds. The van der Waals surface area contributed by atoms with Crippen LogP contribution < -0.4 is 14.8 Å². The van der Waals surface area contributed by atoms with Crippen molar-refractivity contribution in [2.75, 3.05) is 39.7 Å². The highest BCUT2D eigenvalue weighted by molar-refractivity contribution is 7.91. The molecule has 2 aliphatic heterocycles. The number of benzene rings is 1. The number of carbonyl (C=O) groups excluding carboxylic acids is 2. The first-order chi connectivity index (χ1) is 15.4. The Kier molecular flexibility index (Phi) is 6.94. The number of carbonyl (C=O) groups is 2. The first-order valence-electron chi connectivity index (χ1n) is 9.89. The monoisotopic (exact) mass is 482 g/mol. The maximum absolute atomic E-state index is 12.6. The number of nitrogens with zero attached hydrogens (tertiary/aromatic N) is 1. The zero-order valence-electron chi connectivity index (χ0n) is 17.1. The van der Waals surface area contributed by atoms with Gasteiger partial charge in [0.25, 0.3) is 15.9 Å². The van der Waals surface area contributed by atoms with Crippen LogP contribution in [0.15, 0.2) is 34.5 Å². The van der Waals surface area contributed by atoms with Crippen LogP contribution >= 0.6 is 11.3 Å². The van der Waals surface area contributed by atoms with Crippen molar-refractivity contribution < 1.29 is 37.0 Å². The fourth-order valence-electron chi connectivity index (χ4n) is 3.15. The predicted molar refractivity (Wildman–Crippen MR) is 113 cm³/mol. The fraction of sp³-hybridized carbons (Fsp3) is 0.400. The molecule has 2 aliphatic rings. The highest BCUT2D eigenvalue weighted by atomic mass is 32.2. The number of ether oxygens (including phenoxy) is 4. The molecular weight excluding hydrogens is 460 g/mol. The molecule has 0 atom stereocenters. The quantitative estimate of drug-likeness (QED) is 0.551. The zero-order chi connectivity index (χ0) is 22.6. The van der Waals surface area contributed by atoms with Gasteiger partial charge in [0.05, 0.1) is 19.6 Å². The molecule has 32 heavy (non-hydrogen) atoms. The van der Waals surface area contributed by atoms with E-state index in [1.54, 1.807) is 24.3 Å². The molecule has 4 rings (SSSR count). The lowest BCUT2D eigenvalue weighted by molar-refractivity contribution is -0.147. The van der Waals surface area contributed by atoms with Crippen molar-refractivity contribution >= 4 is 33.2 Å². The summed E-state index contributed by atoms with van der Waals surface area (Å²) >= 11 is 1.02. The van der Waals surface area contributed by atoms with Crippen LogP contribution in [-0.2, 0) is 42.1 Å². The Hall–Kier alpha value is -2.67. The van der Waals surface area contributed by atoms with E-state index in [4.69, 9.17) is 18.9 Å². The Bertz CT molecular complexity index is 1090. The largest absolute Gasteiger partial charge is 0.455 e. The SMILES string of the molecule is O=C(COC(=O)Cc1ccc(S(=O)(=O)N2CCOCC2)s1)NCc1ccc2c(c1)OCO2. The number of amides is 1. The van der Waals surface area contributed by atoms with Crippen LogP contribution in [0, 0.1) is 0 Å². The van der Waals surface area contributed by atoms with Gasteiger partial charge < -0.3 is 24.3 Å². The van der Waals surface area contributed by atoms with E-state index in [0.29, 0.717) is 42.7 Å². The summed E-state index contributed by atoms with van der Waals surface area (Å²) in [7, 11) is -3.60. The number of rotatable bonds is 8. The van der Waals surface area contributed by atoms with Crippen LogP contribution in [0.1, 0.15) is 10.4 Å². The maximum Gasteiger partial charge on any atom is 0.311 e. The van der Waals surface area contributed by atoms with Crippen LogP contribution in [0.2, 0.25) is 0 Å². The summed E-state index contributed by atoms with van der Waals surface area (Å²) in [6.07, 6.45) is -0.112. The van der Waals surface area contributed by atoms with E-state index >= 15 is 0 Å². The van der Waals surface area contributed by atoms with E-state index in [0.717, 1.165) is 16.9 Å². The molecule has 0 saturated carbocycles. The van der Waals surface area contributed by atoms with E-state index in [1.807, 2.05) is 0 Å². The summed E-state index contributed by atoms with van der Waals surface area (Å²) in [4.78, 5) is 24.6. The molecule has 10 nitrogen and oxygen atoms in total. The van der Waals surface area contributed by atoms with Crippen molar-refractivity contribution in [1.29, 1.82) is 0 Å². The van der Waals surface area contributed by atoms with Gasteiger partial charge >= 0.3 is 5.97 Å². The third-order valence-corrected chi connectivity index (χ3v) is 8.26. The van der Waals surface area contributed by atoms with Crippen LogP contribution in [-0.4, -0.2) is 64.3 Å². The van der Waals surface area contributed by atoms with Gasteiger partial charge in [-0.3, -0.25) is 9.59 Å². The van der Waals surface area contributed by atoms with E-state index in [-0.39, 0.29) is 24.0 Å². The minimum atomic E-state index is -3.60. The molecule has 0 spiro atoms. The summed E-state index contributed by atoms with van der Waals surface area (Å²) in [6.45, 7) is 1.33. The van der Waals surface area contributed by atoms with Crippen molar-refractivity contribution in [1.82, 2.24) is 9.62 Å². The molecule has 0 radical (unpaired) electrons. The van der Waals surface area contributed by atoms with Crippen LogP contribution in [0.3, 0.4) is 0 Å².